The predicted octanol–water partition coefficient (Wildman–Crippen LogP) is 4.37. The molecule has 1 N–H and O–H groups in total. The second-order valence-corrected chi connectivity index (χ2v) is 6.21. The van der Waals surface area contributed by atoms with Crippen molar-refractivity contribution in [2.24, 2.45) is 0 Å². The van der Waals surface area contributed by atoms with Crippen molar-refractivity contribution < 1.29 is 18.7 Å². The van der Waals surface area contributed by atoms with E-state index in [1.165, 1.54) is 32.0 Å². The fourth-order valence-electron chi connectivity index (χ4n) is 2.01. The SMILES string of the molecule is COc1cc(NC(=O)CSCc2ccccc2F)c(OC)cc1Cl. The van der Waals surface area contributed by atoms with Gasteiger partial charge in [0.15, 0.2) is 0 Å². The third kappa shape index (κ3) is 4.79. The molecule has 0 bridgehead atoms. The molecule has 4 nitrogen and oxygen atoms in total. The lowest BCUT2D eigenvalue weighted by Gasteiger charge is -2.13. The van der Waals surface area contributed by atoms with Crippen molar-refractivity contribution in [1.29, 1.82) is 0 Å². The highest BCUT2D eigenvalue weighted by Crippen LogP contribution is 2.35. The average molecular weight is 370 g/mol. The van der Waals surface area contributed by atoms with Crippen LogP contribution in [0, 0.1) is 5.82 Å². The lowest BCUT2D eigenvalue weighted by atomic mass is 10.2. The summed E-state index contributed by atoms with van der Waals surface area (Å²) in [6.07, 6.45) is 0. The molecule has 0 radical (unpaired) electrons. The molecule has 0 atom stereocenters. The summed E-state index contributed by atoms with van der Waals surface area (Å²) in [6, 6.07) is 9.68. The highest BCUT2D eigenvalue weighted by Gasteiger charge is 2.13. The Morgan fingerprint density at radius 1 is 1.21 bits per heavy atom. The van der Waals surface area contributed by atoms with Gasteiger partial charge in [-0.2, -0.15) is 0 Å². The summed E-state index contributed by atoms with van der Waals surface area (Å²) in [5, 5.41) is 3.14. The minimum absolute atomic E-state index is 0.183. The van der Waals surface area contributed by atoms with Crippen LogP contribution in [0.15, 0.2) is 36.4 Å². The first kappa shape index (κ1) is 18.4. The fourth-order valence-corrected chi connectivity index (χ4v) is 3.06. The molecule has 0 unspecified atom stereocenters. The van der Waals surface area contributed by atoms with E-state index in [2.05, 4.69) is 5.32 Å². The summed E-state index contributed by atoms with van der Waals surface area (Å²) < 4.78 is 23.9. The molecule has 7 heteroatoms. The van der Waals surface area contributed by atoms with Gasteiger partial charge >= 0.3 is 0 Å². The van der Waals surface area contributed by atoms with Crippen molar-refractivity contribution in [3.63, 3.8) is 0 Å². The standard InChI is InChI=1S/C17H17ClFNO3S/c1-22-15-8-14(16(23-2)7-12(15)18)20-17(21)10-24-9-11-5-3-4-6-13(11)19/h3-8H,9-10H2,1-2H3,(H,20,21). The van der Waals surface area contributed by atoms with Crippen LogP contribution >= 0.6 is 23.4 Å². The van der Waals surface area contributed by atoms with Crippen LogP contribution in [0.2, 0.25) is 5.02 Å². The first-order valence-corrected chi connectivity index (χ1v) is 8.61. The number of anilines is 1. The molecule has 0 heterocycles. The summed E-state index contributed by atoms with van der Waals surface area (Å²) in [4.78, 5) is 12.1. The highest BCUT2D eigenvalue weighted by atomic mass is 35.5. The summed E-state index contributed by atoms with van der Waals surface area (Å²) in [5.74, 6) is 0.984. The molecule has 0 aromatic heterocycles. The molecule has 0 aliphatic carbocycles. The van der Waals surface area contributed by atoms with E-state index < -0.39 is 0 Å². The molecule has 0 saturated carbocycles. The molecule has 1 amide bonds. The van der Waals surface area contributed by atoms with Crippen molar-refractivity contribution in [3.05, 3.63) is 52.8 Å². The Kier molecular flexibility index (Phi) is 6.75. The van der Waals surface area contributed by atoms with Crippen molar-refractivity contribution in [1.82, 2.24) is 0 Å². The first-order chi connectivity index (χ1) is 11.5. The maximum absolute atomic E-state index is 13.5. The second-order valence-electron chi connectivity index (χ2n) is 4.82. The van der Waals surface area contributed by atoms with Crippen LogP contribution in [0.4, 0.5) is 10.1 Å². The quantitative estimate of drug-likeness (QED) is 0.787. The van der Waals surface area contributed by atoms with Crippen molar-refractivity contribution >= 4 is 35.0 Å². The number of rotatable bonds is 7. The van der Waals surface area contributed by atoms with E-state index in [-0.39, 0.29) is 17.5 Å². The van der Waals surface area contributed by atoms with Crippen LogP contribution in [0.3, 0.4) is 0 Å². The summed E-state index contributed by atoms with van der Waals surface area (Å²) in [6.45, 7) is 0. The van der Waals surface area contributed by atoms with Gasteiger partial charge < -0.3 is 14.8 Å². The van der Waals surface area contributed by atoms with E-state index in [9.17, 15) is 9.18 Å². The summed E-state index contributed by atoms with van der Waals surface area (Å²) in [5.41, 5.74) is 1.04. The summed E-state index contributed by atoms with van der Waals surface area (Å²) in [7, 11) is 2.98. The molecule has 0 aliphatic heterocycles. The number of carbonyl (C=O) groups excluding carboxylic acids is 1. The van der Waals surface area contributed by atoms with E-state index in [1.807, 2.05) is 0 Å². The number of amides is 1. The van der Waals surface area contributed by atoms with Gasteiger partial charge in [-0.3, -0.25) is 4.79 Å². The minimum atomic E-state index is -0.269. The van der Waals surface area contributed by atoms with Gasteiger partial charge in [0.05, 0.1) is 30.7 Å². The van der Waals surface area contributed by atoms with Crippen molar-refractivity contribution in [2.75, 3.05) is 25.3 Å². The Labute approximate surface area is 149 Å². The lowest BCUT2D eigenvalue weighted by molar-refractivity contribution is -0.113. The number of methoxy groups -OCH3 is 2. The first-order valence-electron chi connectivity index (χ1n) is 7.07. The van der Waals surface area contributed by atoms with Gasteiger partial charge in [-0.15, -0.1) is 11.8 Å². The van der Waals surface area contributed by atoms with Gasteiger partial charge in [-0.1, -0.05) is 29.8 Å². The van der Waals surface area contributed by atoms with Crippen LogP contribution < -0.4 is 14.8 Å². The van der Waals surface area contributed by atoms with Gasteiger partial charge in [-0.25, -0.2) is 4.39 Å². The molecule has 0 fully saturated rings. The average Bonchev–Trinajstić information content (AvgIpc) is 2.57. The minimum Gasteiger partial charge on any atom is -0.495 e. The molecule has 2 aromatic rings. The maximum atomic E-state index is 13.5. The van der Waals surface area contributed by atoms with Crippen molar-refractivity contribution in [2.45, 2.75) is 5.75 Å². The molecular weight excluding hydrogens is 353 g/mol. The third-order valence-electron chi connectivity index (χ3n) is 3.20. The number of nitrogens with one attached hydrogen (secondary N) is 1. The van der Waals surface area contributed by atoms with E-state index in [0.717, 1.165) is 0 Å². The molecule has 128 valence electrons. The monoisotopic (exact) mass is 369 g/mol. The molecule has 2 aromatic carbocycles. The Morgan fingerprint density at radius 3 is 2.58 bits per heavy atom. The maximum Gasteiger partial charge on any atom is 0.234 e. The lowest BCUT2D eigenvalue weighted by Crippen LogP contribution is -2.15. The Hall–Kier alpha value is -1.92. The molecule has 0 aliphatic rings. The Morgan fingerprint density at radius 2 is 1.92 bits per heavy atom. The predicted molar refractivity (Wildman–Crippen MR) is 95.7 cm³/mol. The van der Waals surface area contributed by atoms with E-state index >= 15 is 0 Å². The number of benzene rings is 2. The van der Waals surface area contributed by atoms with Gasteiger partial charge in [0.1, 0.15) is 17.3 Å². The molecular formula is C17H17ClFNO3S. The van der Waals surface area contributed by atoms with Crippen LogP contribution in [0.25, 0.3) is 0 Å². The van der Waals surface area contributed by atoms with Crippen LogP contribution in [-0.2, 0) is 10.5 Å². The largest absolute Gasteiger partial charge is 0.495 e. The van der Waals surface area contributed by atoms with Crippen LogP contribution in [0.1, 0.15) is 5.56 Å². The Balaban J connectivity index is 1.96. The third-order valence-corrected chi connectivity index (χ3v) is 4.47. The van der Waals surface area contributed by atoms with Crippen LogP contribution in [-0.4, -0.2) is 25.9 Å². The molecule has 0 saturated heterocycles. The zero-order valence-corrected chi connectivity index (χ0v) is 14.8. The van der Waals surface area contributed by atoms with Crippen LogP contribution in [0.5, 0.6) is 11.5 Å². The number of hydrogen-bond acceptors (Lipinski definition) is 4. The van der Waals surface area contributed by atoms with E-state index in [0.29, 0.717) is 33.5 Å². The number of halogens is 2. The molecule has 0 spiro atoms. The molecule has 24 heavy (non-hydrogen) atoms. The topological polar surface area (TPSA) is 47.6 Å². The van der Waals surface area contributed by atoms with E-state index in [4.69, 9.17) is 21.1 Å². The van der Waals surface area contributed by atoms with Gasteiger partial charge in [-0.05, 0) is 11.6 Å². The summed E-state index contributed by atoms with van der Waals surface area (Å²) >= 11 is 7.35. The zero-order valence-electron chi connectivity index (χ0n) is 13.3. The number of hydrogen-bond donors (Lipinski definition) is 1. The Bertz CT molecular complexity index is 727. The van der Waals surface area contributed by atoms with Gasteiger partial charge in [0.25, 0.3) is 0 Å². The smallest absolute Gasteiger partial charge is 0.234 e. The number of carbonyl (C=O) groups is 1. The van der Waals surface area contributed by atoms with Crippen molar-refractivity contribution in [3.8, 4) is 11.5 Å². The number of ether oxygens (including phenoxy) is 2. The zero-order chi connectivity index (χ0) is 17.5. The fraction of sp³-hybridized carbons (Fsp3) is 0.235. The van der Waals surface area contributed by atoms with Gasteiger partial charge in [0, 0.05) is 17.9 Å². The number of thioether (sulfide) groups is 1. The highest BCUT2D eigenvalue weighted by molar-refractivity contribution is 7.99. The normalized spacial score (nSPS) is 10.3. The van der Waals surface area contributed by atoms with E-state index in [1.54, 1.807) is 30.3 Å². The molecule has 2 rings (SSSR count). The second kappa shape index (κ2) is 8.80. The van der Waals surface area contributed by atoms with Gasteiger partial charge in [0.2, 0.25) is 5.91 Å².